The molecule has 0 radical (unpaired) electrons. The largest absolute Gasteiger partial charge is 0.350 e. The fourth-order valence-electron chi connectivity index (χ4n) is 2.01. The van der Waals surface area contributed by atoms with Gasteiger partial charge in [-0.3, -0.25) is 0 Å². The summed E-state index contributed by atoms with van der Waals surface area (Å²) in [5, 5.41) is 0. The molecule has 3 heteroatoms. The Morgan fingerprint density at radius 2 is 2.00 bits per heavy atom. The third kappa shape index (κ3) is 3.06. The molecule has 0 amide bonds. The molecule has 3 nitrogen and oxygen atoms in total. The summed E-state index contributed by atoms with van der Waals surface area (Å²) in [6.45, 7) is 5.62. The lowest BCUT2D eigenvalue weighted by molar-refractivity contribution is -0.0606. The predicted octanol–water partition coefficient (Wildman–Crippen LogP) is 2.57. The molecule has 2 N–H and O–H groups in total. The third-order valence-corrected chi connectivity index (χ3v) is 3.13. The molecule has 0 bridgehead atoms. The monoisotopic (exact) mass is 235 g/mol. The van der Waals surface area contributed by atoms with Crippen LogP contribution in [0.15, 0.2) is 24.3 Å². The topological polar surface area (TPSA) is 44.5 Å². The van der Waals surface area contributed by atoms with E-state index in [0.29, 0.717) is 19.1 Å². The van der Waals surface area contributed by atoms with E-state index in [-0.39, 0.29) is 12.4 Å². The van der Waals surface area contributed by atoms with Gasteiger partial charge in [-0.2, -0.15) is 0 Å². The van der Waals surface area contributed by atoms with Crippen molar-refractivity contribution in [2.75, 3.05) is 13.2 Å². The summed E-state index contributed by atoms with van der Waals surface area (Å²) in [7, 11) is 0. The van der Waals surface area contributed by atoms with Crippen molar-refractivity contribution in [2.45, 2.75) is 38.6 Å². The van der Waals surface area contributed by atoms with E-state index < -0.39 is 0 Å². The molecule has 1 aliphatic heterocycles. The molecule has 1 fully saturated rings. The van der Waals surface area contributed by atoms with Gasteiger partial charge in [-0.05, 0) is 23.6 Å². The molecule has 0 spiro atoms. The van der Waals surface area contributed by atoms with Crippen LogP contribution in [0.3, 0.4) is 0 Å². The van der Waals surface area contributed by atoms with Crippen molar-refractivity contribution in [2.24, 2.45) is 5.73 Å². The van der Waals surface area contributed by atoms with Gasteiger partial charge in [0.2, 0.25) is 0 Å². The van der Waals surface area contributed by atoms with Gasteiger partial charge in [0.25, 0.3) is 0 Å². The van der Waals surface area contributed by atoms with E-state index in [1.165, 1.54) is 11.1 Å². The first-order valence-electron chi connectivity index (χ1n) is 6.27. The predicted molar refractivity (Wildman–Crippen MR) is 67.8 cm³/mol. The molecule has 2 unspecified atom stereocenters. The van der Waals surface area contributed by atoms with Gasteiger partial charge in [0, 0.05) is 6.42 Å². The second-order valence-electron chi connectivity index (χ2n) is 4.79. The minimum atomic E-state index is -0.130. The van der Waals surface area contributed by atoms with Crippen LogP contribution >= 0.6 is 0 Å². The van der Waals surface area contributed by atoms with Gasteiger partial charge in [0.1, 0.15) is 6.10 Å². The molecule has 2 rings (SSSR count). The van der Waals surface area contributed by atoms with E-state index in [4.69, 9.17) is 15.2 Å². The van der Waals surface area contributed by atoms with Crippen molar-refractivity contribution in [3.8, 4) is 0 Å². The van der Waals surface area contributed by atoms with Gasteiger partial charge in [-0.15, -0.1) is 0 Å². The van der Waals surface area contributed by atoms with Crippen LogP contribution in [0.25, 0.3) is 0 Å². The molecule has 1 aromatic rings. The number of rotatable bonds is 4. The minimum Gasteiger partial charge on any atom is -0.350 e. The van der Waals surface area contributed by atoms with Crippen LogP contribution < -0.4 is 5.73 Å². The molecular formula is C14H21NO2. The van der Waals surface area contributed by atoms with E-state index in [1.807, 2.05) is 0 Å². The number of hydrogen-bond acceptors (Lipinski definition) is 3. The Bertz CT molecular complexity index is 348. The second kappa shape index (κ2) is 5.63. The van der Waals surface area contributed by atoms with Crippen LogP contribution in [0.4, 0.5) is 0 Å². The van der Waals surface area contributed by atoms with Gasteiger partial charge >= 0.3 is 0 Å². The molecular weight excluding hydrogens is 214 g/mol. The number of hydrogen-bond donors (Lipinski definition) is 1. The fraction of sp³-hybridized carbons (Fsp3) is 0.571. The molecule has 0 aliphatic carbocycles. The zero-order valence-electron chi connectivity index (χ0n) is 10.6. The van der Waals surface area contributed by atoms with Gasteiger partial charge in [-0.1, -0.05) is 38.1 Å². The number of nitrogens with two attached hydrogens (primary N) is 1. The Kier molecular flexibility index (Phi) is 4.15. The fourth-order valence-corrected chi connectivity index (χ4v) is 2.01. The van der Waals surface area contributed by atoms with Gasteiger partial charge < -0.3 is 15.2 Å². The van der Waals surface area contributed by atoms with Crippen LogP contribution in [0.2, 0.25) is 0 Å². The summed E-state index contributed by atoms with van der Waals surface area (Å²) in [5.41, 5.74) is 8.03. The highest BCUT2D eigenvalue weighted by Gasteiger charge is 2.26. The molecule has 17 heavy (non-hydrogen) atoms. The maximum Gasteiger partial charge on any atom is 0.159 e. The zero-order valence-corrected chi connectivity index (χ0v) is 10.6. The van der Waals surface area contributed by atoms with E-state index in [9.17, 15) is 0 Å². The summed E-state index contributed by atoms with van der Waals surface area (Å²) in [4.78, 5) is 0. The van der Waals surface area contributed by atoms with Crippen molar-refractivity contribution >= 4 is 0 Å². The summed E-state index contributed by atoms with van der Waals surface area (Å²) >= 11 is 0. The van der Waals surface area contributed by atoms with E-state index in [1.54, 1.807) is 0 Å². The molecule has 0 saturated carbocycles. The molecule has 1 aromatic carbocycles. The van der Waals surface area contributed by atoms with Crippen molar-refractivity contribution in [3.05, 3.63) is 35.4 Å². The molecule has 2 atom stereocenters. The van der Waals surface area contributed by atoms with E-state index in [0.717, 1.165) is 6.42 Å². The highest BCUT2D eigenvalue weighted by atomic mass is 16.7. The van der Waals surface area contributed by atoms with E-state index >= 15 is 0 Å². The maximum absolute atomic E-state index is 5.79. The van der Waals surface area contributed by atoms with Gasteiger partial charge in [0.05, 0.1) is 6.61 Å². The van der Waals surface area contributed by atoms with Gasteiger partial charge in [0.15, 0.2) is 6.29 Å². The summed E-state index contributed by atoms with van der Waals surface area (Å²) in [5.74, 6) is 0.565. The standard InChI is InChI=1S/C14H21NO2/c1-10(2)11-3-5-12(6-4-11)13-9-16-14(17-13)7-8-15/h3-6,10,13-14H,7-9,15H2,1-2H3. The van der Waals surface area contributed by atoms with Crippen molar-refractivity contribution in [3.63, 3.8) is 0 Å². The minimum absolute atomic E-state index is 0.0627. The highest BCUT2D eigenvalue weighted by Crippen LogP contribution is 2.28. The number of benzene rings is 1. The average molecular weight is 235 g/mol. The second-order valence-corrected chi connectivity index (χ2v) is 4.79. The molecule has 94 valence electrons. The van der Waals surface area contributed by atoms with Crippen LogP contribution in [0.1, 0.15) is 43.4 Å². The maximum atomic E-state index is 5.79. The first kappa shape index (κ1) is 12.6. The highest BCUT2D eigenvalue weighted by molar-refractivity contribution is 5.26. The molecule has 1 heterocycles. The van der Waals surface area contributed by atoms with Crippen LogP contribution in [-0.4, -0.2) is 19.4 Å². The lowest BCUT2D eigenvalue weighted by Gasteiger charge is -2.12. The molecule has 0 aromatic heterocycles. The number of ether oxygens (including phenoxy) is 2. The quantitative estimate of drug-likeness (QED) is 0.872. The molecule has 1 aliphatic rings. The Morgan fingerprint density at radius 1 is 1.29 bits per heavy atom. The average Bonchev–Trinajstić information content (AvgIpc) is 2.78. The smallest absolute Gasteiger partial charge is 0.159 e. The Labute approximate surface area is 103 Å². The summed E-state index contributed by atoms with van der Waals surface area (Å²) in [6.07, 6.45) is 0.697. The normalized spacial score (nSPS) is 24.5. The summed E-state index contributed by atoms with van der Waals surface area (Å²) in [6, 6.07) is 8.60. The zero-order chi connectivity index (χ0) is 12.3. The SMILES string of the molecule is CC(C)c1ccc(C2COC(CCN)O2)cc1. The molecule has 1 saturated heterocycles. The Hall–Kier alpha value is -0.900. The summed E-state index contributed by atoms with van der Waals surface area (Å²) < 4.78 is 11.3. The van der Waals surface area contributed by atoms with Crippen molar-refractivity contribution in [1.29, 1.82) is 0 Å². The van der Waals surface area contributed by atoms with Crippen molar-refractivity contribution < 1.29 is 9.47 Å². The first-order valence-corrected chi connectivity index (χ1v) is 6.27. The first-order chi connectivity index (χ1) is 8.20. The van der Waals surface area contributed by atoms with Crippen molar-refractivity contribution in [1.82, 2.24) is 0 Å². The van der Waals surface area contributed by atoms with Crippen LogP contribution in [0, 0.1) is 0 Å². The van der Waals surface area contributed by atoms with Crippen LogP contribution in [-0.2, 0) is 9.47 Å². The van der Waals surface area contributed by atoms with Gasteiger partial charge in [-0.25, -0.2) is 0 Å². The van der Waals surface area contributed by atoms with Crippen LogP contribution in [0.5, 0.6) is 0 Å². The Morgan fingerprint density at radius 3 is 2.59 bits per heavy atom. The lowest BCUT2D eigenvalue weighted by Crippen LogP contribution is -2.14. The third-order valence-electron chi connectivity index (χ3n) is 3.13. The Balaban J connectivity index is 1.99. The lowest BCUT2D eigenvalue weighted by atomic mass is 10.0. The van der Waals surface area contributed by atoms with E-state index in [2.05, 4.69) is 38.1 Å².